The Bertz CT molecular complexity index is 672. The third-order valence-corrected chi connectivity index (χ3v) is 3.27. The quantitative estimate of drug-likeness (QED) is 0.364. The van der Waals surface area contributed by atoms with Gasteiger partial charge in [-0.1, -0.05) is 6.07 Å². The molecular weight excluding hydrogens is 292 g/mol. The number of thiophene rings is 1. The number of methoxy groups -OCH3 is 2. The highest BCUT2D eigenvalue weighted by Crippen LogP contribution is 2.31. The summed E-state index contributed by atoms with van der Waals surface area (Å²) >= 11 is 1.22. The van der Waals surface area contributed by atoms with Crippen molar-refractivity contribution in [1.82, 2.24) is 0 Å². The van der Waals surface area contributed by atoms with Crippen molar-refractivity contribution in [3.05, 3.63) is 39.6 Å². The van der Waals surface area contributed by atoms with E-state index in [2.05, 4.69) is 9.47 Å². The van der Waals surface area contributed by atoms with E-state index >= 15 is 0 Å². The van der Waals surface area contributed by atoms with Gasteiger partial charge in [0.05, 0.1) is 19.8 Å². The van der Waals surface area contributed by atoms with E-state index in [1.54, 1.807) is 29.7 Å². The molecule has 0 bridgehead atoms. The van der Waals surface area contributed by atoms with E-state index < -0.39 is 11.9 Å². The molecule has 1 aromatic rings. The number of rotatable bonds is 4. The van der Waals surface area contributed by atoms with Gasteiger partial charge in [0.2, 0.25) is 0 Å². The average molecular weight is 302 g/mol. The summed E-state index contributed by atoms with van der Waals surface area (Å²) in [7, 11) is 2.29. The zero-order chi connectivity index (χ0) is 15.8. The van der Waals surface area contributed by atoms with Crippen LogP contribution in [-0.4, -0.2) is 26.2 Å². The fourth-order valence-corrected chi connectivity index (χ4v) is 2.26. The van der Waals surface area contributed by atoms with Gasteiger partial charge in [-0.2, -0.15) is 10.5 Å². The lowest BCUT2D eigenvalue weighted by molar-refractivity contribution is -0.138. The fourth-order valence-electron chi connectivity index (χ4n) is 1.47. The van der Waals surface area contributed by atoms with E-state index in [4.69, 9.17) is 10.5 Å². The highest BCUT2D eigenvalue weighted by molar-refractivity contribution is 7.11. The second kappa shape index (κ2) is 7.63. The Hall–Kier alpha value is -2.90. The molecule has 21 heavy (non-hydrogen) atoms. The van der Waals surface area contributed by atoms with Crippen LogP contribution in [0.4, 0.5) is 0 Å². The maximum absolute atomic E-state index is 11.9. The summed E-state index contributed by atoms with van der Waals surface area (Å²) < 4.78 is 9.09. The van der Waals surface area contributed by atoms with Crippen molar-refractivity contribution in [1.29, 1.82) is 10.5 Å². The summed E-state index contributed by atoms with van der Waals surface area (Å²) in [6, 6.07) is 6.75. The van der Waals surface area contributed by atoms with Crippen molar-refractivity contribution in [2.75, 3.05) is 14.2 Å². The Kier molecular flexibility index (Phi) is 5.87. The Balaban J connectivity index is 3.63. The highest BCUT2D eigenvalue weighted by atomic mass is 32.1. The second-order valence-electron chi connectivity index (χ2n) is 3.52. The summed E-state index contributed by atoms with van der Waals surface area (Å²) in [5.74, 6) is -1.63. The Morgan fingerprint density at radius 3 is 2.33 bits per heavy atom. The second-order valence-corrected chi connectivity index (χ2v) is 4.47. The Morgan fingerprint density at radius 2 is 1.90 bits per heavy atom. The molecule has 0 aliphatic heterocycles. The van der Waals surface area contributed by atoms with Crippen LogP contribution in [0, 0.1) is 22.7 Å². The molecule has 0 atom stereocenters. The first kappa shape index (κ1) is 16.2. The zero-order valence-electron chi connectivity index (χ0n) is 11.2. The number of esters is 2. The summed E-state index contributed by atoms with van der Waals surface area (Å²) in [6.45, 7) is 0. The maximum Gasteiger partial charge on any atom is 0.338 e. The topological polar surface area (TPSA) is 100 Å². The van der Waals surface area contributed by atoms with Gasteiger partial charge in [-0.25, -0.2) is 9.59 Å². The monoisotopic (exact) mass is 302 g/mol. The van der Waals surface area contributed by atoms with Crippen LogP contribution in [-0.2, 0) is 19.1 Å². The lowest BCUT2D eigenvalue weighted by Crippen LogP contribution is -2.11. The molecule has 1 aromatic heterocycles. The summed E-state index contributed by atoms with van der Waals surface area (Å²) in [6.07, 6.45) is 0.898. The molecule has 0 saturated carbocycles. The van der Waals surface area contributed by atoms with Gasteiger partial charge in [0.15, 0.2) is 0 Å². The summed E-state index contributed by atoms with van der Waals surface area (Å²) in [5.41, 5.74) is -0.449. The van der Waals surface area contributed by atoms with E-state index in [0.717, 1.165) is 20.3 Å². The Morgan fingerprint density at radius 1 is 1.24 bits per heavy atom. The van der Waals surface area contributed by atoms with E-state index in [-0.39, 0.29) is 16.7 Å². The zero-order valence-corrected chi connectivity index (χ0v) is 12.1. The smallest absolute Gasteiger partial charge is 0.338 e. The molecule has 0 spiro atoms. The third-order valence-electron chi connectivity index (χ3n) is 2.38. The lowest BCUT2D eigenvalue weighted by atomic mass is 9.99. The molecule has 0 saturated heterocycles. The van der Waals surface area contributed by atoms with Crippen molar-refractivity contribution in [2.45, 2.75) is 0 Å². The average Bonchev–Trinajstić information content (AvgIpc) is 3.03. The number of carbonyl (C=O) groups is 2. The van der Waals surface area contributed by atoms with Gasteiger partial charge in [-0.15, -0.1) is 11.3 Å². The number of hydrogen-bond donors (Lipinski definition) is 0. The summed E-state index contributed by atoms with van der Waals surface area (Å²) in [5, 5.41) is 19.9. The van der Waals surface area contributed by atoms with Crippen molar-refractivity contribution >= 4 is 28.8 Å². The SMILES string of the molecule is COC(=O)/C=C(/C(=O)OC)C(=C(C#N)C#N)c1cccs1. The molecule has 0 aliphatic carbocycles. The lowest BCUT2D eigenvalue weighted by Gasteiger charge is -2.08. The minimum Gasteiger partial charge on any atom is -0.466 e. The first-order valence-corrected chi connectivity index (χ1v) is 6.43. The molecule has 0 amide bonds. The van der Waals surface area contributed by atoms with Crippen LogP contribution in [0.15, 0.2) is 34.7 Å². The van der Waals surface area contributed by atoms with Crippen LogP contribution in [0.2, 0.25) is 0 Å². The van der Waals surface area contributed by atoms with Gasteiger partial charge in [0.1, 0.15) is 17.7 Å². The molecule has 6 nitrogen and oxygen atoms in total. The summed E-state index contributed by atoms with van der Waals surface area (Å²) in [4.78, 5) is 23.8. The molecule has 1 heterocycles. The number of allylic oxidation sites excluding steroid dienone is 1. The normalized spacial score (nSPS) is 10.0. The minimum absolute atomic E-state index is 0.0484. The highest BCUT2D eigenvalue weighted by Gasteiger charge is 2.23. The molecule has 0 aliphatic rings. The van der Waals surface area contributed by atoms with E-state index in [9.17, 15) is 9.59 Å². The molecule has 0 fully saturated rings. The third kappa shape index (κ3) is 3.78. The first-order chi connectivity index (χ1) is 10.1. The van der Waals surface area contributed by atoms with Gasteiger partial charge >= 0.3 is 11.9 Å². The molecule has 7 heteroatoms. The van der Waals surface area contributed by atoms with Crippen molar-refractivity contribution in [3.63, 3.8) is 0 Å². The minimum atomic E-state index is -0.841. The standard InChI is InChI=1S/C14H10N2O4S/c1-19-12(17)6-10(14(18)20-2)13(9(7-15)8-16)11-4-3-5-21-11/h3-6H,1-2H3/b10-6+. The molecule has 0 radical (unpaired) electrons. The van der Waals surface area contributed by atoms with E-state index in [0.29, 0.717) is 4.88 Å². The van der Waals surface area contributed by atoms with Crippen LogP contribution >= 0.6 is 11.3 Å². The molecule has 1 rings (SSSR count). The number of nitrogens with zero attached hydrogens (tertiary/aromatic N) is 2. The first-order valence-electron chi connectivity index (χ1n) is 5.55. The van der Waals surface area contributed by atoms with Crippen molar-refractivity contribution in [3.8, 4) is 12.1 Å². The maximum atomic E-state index is 11.9. The van der Waals surface area contributed by atoms with Crippen LogP contribution in [0.1, 0.15) is 4.88 Å². The molecule has 0 N–H and O–H groups in total. The van der Waals surface area contributed by atoms with Crippen LogP contribution in [0.5, 0.6) is 0 Å². The molecular formula is C14H10N2O4S. The van der Waals surface area contributed by atoms with Crippen LogP contribution < -0.4 is 0 Å². The molecule has 0 aromatic carbocycles. The number of nitriles is 2. The van der Waals surface area contributed by atoms with Gasteiger partial charge in [0.25, 0.3) is 0 Å². The predicted molar refractivity (Wildman–Crippen MR) is 74.6 cm³/mol. The van der Waals surface area contributed by atoms with E-state index in [1.807, 2.05) is 0 Å². The fraction of sp³-hybridized carbons (Fsp3) is 0.143. The molecule has 106 valence electrons. The van der Waals surface area contributed by atoms with Crippen molar-refractivity contribution in [2.24, 2.45) is 0 Å². The van der Waals surface area contributed by atoms with Gasteiger partial charge < -0.3 is 9.47 Å². The Labute approximate surface area is 125 Å². The van der Waals surface area contributed by atoms with Gasteiger partial charge in [-0.05, 0) is 11.4 Å². The number of hydrogen-bond acceptors (Lipinski definition) is 7. The number of carbonyl (C=O) groups excluding carboxylic acids is 2. The van der Waals surface area contributed by atoms with E-state index in [1.165, 1.54) is 11.3 Å². The van der Waals surface area contributed by atoms with Crippen molar-refractivity contribution < 1.29 is 19.1 Å². The van der Waals surface area contributed by atoms with Gasteiger partial charge in [-0.3, -0.25) is 0 Å². The number of ether oxygens (including phenoxy) is 2. The largest absolute Gasteiger partial charge is 0.466 e. The predicted octanol–water partition coefficient (Wildman–Crippen LogP) is 1.82. The molecule has 0 unspecified atom stereocenters. The van der Waals surface area contributed by atoms with Gasteiger partial charge in [0, 0.05) is 16.5 Å². The van der Waals surface area contributed by atoms with Crippen LogP contribution in [0.25, 0.3) is 5.57 Å². The van der Waals surface area contributed by atoms with Crippen LogP contribution in [0.3, 0.4) is 0 Å².